The second-order valence-electron chi connectivity index (χ2n) is 5.63. The molecule has 5 heteroatoms. The summed E-state index contributed by atoms with van der Waals surface area (Å²) in [5.74, 6) is 3.26. The molecule has 0 aromatic heterocycles. The van der Waals surface area contributed by atoms with Gasteiger partial charge in [0.15, 0.2) is 23.0 Å². The average molecular weight is 329 g/mol. The van der Waals surface area contributed by atoms with Gasteiger partial charge in [-0.3, -0.25) is 0 Å². The van der Waals surface area contributed by atoms with Crippen molar-refractivity contribution in [1.29, 1.82) is 0 Å². The molecule has 1 heterocycles. The summed E-state index contributed by atoms with van der Waals surface area (Å²) in [6.45, 7) is 3.36. The second kappa shape index (κ2) is 7.45. The van der Waals surface area contributed by atoms with Crippen LogP contribution < -0.4 is 24.7 Å². The fraction of sp³-hybridized carbons (Fsp3) is 0.368. The predicted molar refractivity (Wildman–Crippen MR) is 92.2 cm³/mol. The molecule has 128 valence electrons. The number of nitrogens with two attached hydrogens (primary N) is 1. The fourth-order valence-corrected chi connectivity index (χ4v) is 2.99. The maximum atomic E-state index is 6.04. The first-order valence-corrected chi connectivity index (χ1v) is 8.15. The molecule has 0 radical (unpaired) electrons. The lowest BCUT2D eigenvalue weighted by molar-refractivity contribution is 0.174. The van der Waals surface area contributed by atoms with Crippen molar-refractivity contribution in [2.45, 2.75) is 19.3 Å². The number of hydrogen-bond acceptors (Lipinski definition) is 5. The van der Waals surface area contributed by atoms with Crippen molar-refractivity contribution < 1.29 is 18.9 Å². The van der Waals surface area contributed by atoms with Crippen LogP contribution in [-0.2, 0) is 6.42 Å². The lowest BCUT2D eigenvalue weighted by Crippen LogP contribution is -2.15. The molecule has 0 fully saturated rings. The minimum atomic E-state index is 0.158. The zero-order chi connectivity index (χ0) is 16.9. The van der Waals surface area contributed by atoms with Crippen LogP contribution in [0.25, 0.3) is 0 Å². The summed E-state index contributed by atoms with van der Waals surface area (Å²) < 4.78 is 22.1. The van der Waals surface area contributed by atoms with Gasteiger partial charge in [-0.2, -0.15) is 0 Å². The van der Waals surface area contributed by atoms with Crippen molar-refractivity contribution >= 4 is 0 Å². The molecular formula is C19H23NO4. The lowest BCUT2D eigenvalue weighted by Gasteiger charge is -2.19. The van der Waals surface area contributed by atoms with Crippen molar-refractivity contribution in [3.05, 3.63) is 47.5 Å². The molecule has 24 heavy (non-hydrogen) atoms. The van der Waals surface area contributed by atoms with Crippen molar-refractivity contribution in [3.63, 3.8) is 0 Å². The highest BCUT2D eigenvalue weighted by Gasteiger charge is 2.20. The molecule has 1 unspecified atom stereocenters. The maximum absolute atomic E-state index is 6.04. The van der Waals surface area contributed by atoms with Crippen LogP contribution in [0.15, 0.2) is 36.4 Å². The smallest absolute Gasteiger partial charge is 0.231 e. The molecule has 1 atom stereocenters. The van der Waals surface area contributed by atoms with Gasteiger partial charge in [0.2, 0.25) is 6.79 Å². The summed E-state index contributed by atoms with van der Waals surface area (Å²) in [4.78, 5) is 0. The van der Waals surface area contributed by atoms with Crippen molar-refractivity contribution in [3.8, 4) is 23.0 Å². The highest BCUT2D eigenvalue weighted by molar-refractivity contribution is 5.49. The molecule has 2 aromatic carbocycles. The first-order valence-electron chi connectivity index (χ1n) is 8.15. The molecule has 0 saturated carbocycles. The van der Waals surface area contributed by atoms with Crippen molar-refractivity contribution in [2.24, 2.45) is 5.73 Å². The summed E-state index contributed by atoms with van der Waals surface area (Å²) in [5.41, 5.74) is 8.25. The number of methoxy groups -OCH3 is 1. The van der Waals surface area contributed by atoms with Crippen LogP contribution in [0.1, 0.15) is 24.0 Å². The molecule has 0 aliphatic carbocycles. The maximum Gasteiger partial charge on any atom is 0.231 e. The number of fused-ring (bicyclic) bond motifs is 1. The molecule has 1 aliphatic heterocycles. The Morgan fingerprint density at radius 3 is 2.75 bits per heavy atom. The molecule has 0 spiro atoms. The van der Waals surface area contributed by atoms with E-state index in [-0.39, 0.29) is 12.7 Å². The molecule has 0 amide bonds. The first-order chi connectivity index (χ1) is 11.8. The first kappa shape index (κ1) is 16.5. The minimum Gasteiger partial charge on any atom is -0.493 e. The number of hydrogen-bond donors (Lipinski definition) is 1. The fourth-order valence-electron chi connectivity index (χ4n) is 2.99. The van der Waals surface area contributed by atoms with Gasteiger partial charge in [-0.25, -0.2) is 0 Å². The van der Waals surface area contributed by atoms with Gasteiger partial charge in [0.25, 0.3) is 0 Å². The lowest BCUT2D eigenvalue weighted by atomic mass is 9.91. The van der Waals surface area contributed by atoms with Crippen LogP contribution in [0.3, 0.4) is 0 Å². The topological polar surface area (TPSA) is 62.9 Å². The van der Waals surface area contributed by atoms with Gasteiger partial charge >= 0.3 is 0 Å². The van der Waals surface area contributed by atoms with E-state index in [1.165, 1.54) is 0 Å². The van der Waals surface area contributed by atoms with Crippen LogP contribution in [0.4, 0.5) is 0 Å². The Hall–Kier alpha value is -2.40. The van der Waals surface area contributed by atoms with Crippen LogP contribution in [0, 0.1) is 0 Å². The van der Waals surface area contributed by atoms with Crippen LogP contribution in [-0.4, -0.2) is 27.1 Å². The van der Waals surface area contributed by atoms with Crippen molar-refractivity contribution in [2.75, 3.05) is 27.1 Å². The standard InChI is InChI=1S/C19H23NO4/c1-3-22-17-6-4-5-14(19(17)21-2)9-15(11-20)13-7-8-16-18(10-13)24-12-23-16/h4-8,10,15H,3,9,11-12,20H2,1-2H3. The van der Waals surface area contributed by atoms with E-state index in [1.54, 1.807) is 7.11 Å². The van der Waals surface area contributed by atoms with Gasteiger partial charge in [0, 0.05) is 5.92 Å². The number of benzene rings is 2. The van der Waals surface area contributed by atoms with E-state index in [2.05, 4.69) is 6.07 Å². The zero-order valence-electron chi connectivity index (χ0n) is 14.1. The molecule has 3 rings (SSSR count). The van der Waals surface area contributed by atoms with E-state index >= 15 is 0 Å². The number of rotatable bonds is 7. The molecule has 0 saturated heterocycles. The summed E-state index contributed by atoms with van der Waals surface area (Å²) in [6, 6.07) is 12.0. The summed E-state index contributed by atoms with van der Waals surface area (Å²) >= 11 is 0. The SMILES string of the molecule is CCOc1cccc(CC(CN)c2ccc3c(c2)OCO3)c1OC. The van der Waals surface area contributed by atoms with Crippen LogP contribution >= 0.6 is 0 Å². The van der Waals surface area contributed by atoms with Gasteiger partial charge in [0.1, 0.15) is 0 Å². The molecule has 2 N–H and O–H groups in total. The average Bonchev–Trinajstić information content (AvgIpc) is 3.07. The summed E-state index contributed by atoms with van der Waals surface area (Å²) in [5, 5.41) is 0. The quantitative estimate of drug-likeness (QED) is 0.845. The van der Waals surface area contributed by atoms with E-state index in [0.29, 0.717) is 13.2 Å². The third-order valence-electron chi connectivity index (χ3n) is 4.18. The van der Waals surface area contributed by atoms with E-state index in [0.717, 1.165) is 40.5 Å². The van der Waals surface area contributed by atoms with E-state index < -0.39 is 0 Å². The Morgan fingerprint density at radius 1 is 1.17 bits per heavy atom. The van der Waals surface area contributed by atoms with E-state index in [4.69, 9.17) is 24.7 Å². The van der Waals surface area contributed by atoms with E-state index in [1.807, 2.05) is 37.3 Å². The molecule has 5 nitrogen and oxygen atoms in total. The Bertz CT molecular complexity index is 702. The second-order valence-corrected chi connectivity index (χ2v) is 5.63. The van der Waals surface area contributed by atoms with Gasteiger partial charge in [0.05, 0.1) is 13.7 Å². The summed E-state index contributed by atoms with van der Waals surface area (Å²) in [7, 11) is 1.67. The zero-order valence-corrected chi connectivity index (χ0v) is 14.1. The Kier molecular flexibility index (Phi) is 5.11. The van der Waals surface area contributed by atoms with Gasteiger partial charge in [-0.1, -0.05) is 18.2 Å². The molecule has 2 aromatic rings. The van der Waals surface area contributed by atoms with Gasteiger partial charge in [-0.15, -0.1) is 0 Å². The molecule has 1 aliphatic rings. The molecular weight excluding hydrogens is 306 g/mol. The number of para-hydroxylation sites is 1. The number of ether oxygens (including phenoxy) is 4. The third-order valence-corrected chi connectivity index (χ3v) is 4.18. The van der Waals surface area contributed by atoms with E-state index in [9.17, 15) is 0 Å². The van der Waals surface area contributed by atoms with Gasteiger partial charge < -0.3 is 24.7 Å². The van der Waals surface area contributed by atoms with Crippen molar-refractivity contribution in [1.82, 2.24) is 0 Å². The Labute approximate surface area is 142 Å². The summed E-state index contributed by atoms with van der Waals surface area (Å²) in [6.07, 6.45) is 0.764. The van der Waals surface area contributed by atoms with Crippen LogP contribution in [0.5, 0.6) is 23.0 Å². The Balaban J connectivity index is 1.87. The normalized spacial score (nSPS) is 13.6. The highest BCUT2D eigenvalue weighted by atomic mass is 16.7. The molecule has 0 bridgehead atoms. The van der Waals surface area contributed by atoms with Gasteiger partial charge in [-0.05, 0) is 49.2 Å². The predicted octanol–water partition coefficient (Wildman–Crippen LogP) is 3.11. The Morgan fingerprint density at radius 2 is 2.00 bits per heavy atom. The monoisotopic (exact) mass is 329 g/mol. The third kappa shape index (κ3) is 3.26. The highest BCUT2D eigenvalue weighted by Crippen LogP contribution is 2.37. The minimum absolute atomic E-state index is 0.158. The largest absolute Gasteiger partial charge is 0.493 e. The van der Waals surface area contributed by atoms with Crippen LogP contribution in [0.2, 0.25) is 0 Å².